The molecule has 0 saturated carbocycles. The number of piperidine rings is 1. The van der Waals surface area contributed by atoms with Crippen molar-refractivity contribution < 1.29 is 18.3 Å². The zero-order chi connectivity index (χ0) is 15.6. The van der Waals surface area contributed by atoms with Gasteiger partial charge in [-0.2, -0.15) is 4.31 Å². The number of halogens is 1. The molecule has 0 amide bonds. The summed E-state index contributed by atoms with van der Waals surface area (Å²) in [5, 5.41) is 9.76. The maximum Gasteiger partial charge on any atom is 0.246 e. The van der Waals surface area contributed by atoms with Gasteiger partial charge in [0.1, 0.15) is 10.6 Å². The van der Waals surface area contributed by atoms with E-state index in [1.54, 1.807) is 18.2 Å². The molecule has 1 saturated heterocycles. The van der Waals surface area contributed by atoms with Gasteiger partial charge >= 0.3 is 0 Å². The molecule has 0 bridgehead atoms. The maximum atomic E-state index is 12.8. The number of rotatable bonds is 4. The molecule has 0 aliphatic carbocycles. The Morgan fingerprint density at radius 1 is 1.48 bits per heavy atom. The molecular weight excluding hydrogens is 358 g/mol. The smallest absolute Gasteiger partial charge is 0.246 e. The van der Waals surface area contributed by atoms with Crippen molar-refractivity contribution in [3.63, 3.8) is 0 Å². The van der Waals surface area contributed by atoms with Gasteiger partial charge in [-0.15, -0.1) is 0 Å². The molecule has 7 heteroatoms. The standard InChI is InChI=1S/C14H20BrNO4S/c1-3-20-13-5-4-11(15)8-14(13)21(18,19)16-7-6-12(17)10(2)9-16/h4-5,8,10,12,17H,3,6-7,9H2,1-2H3. The fraction of sp³-hybridized carbons (Fsp3) is 0.571. The maximum absolute atomic E-state index is 12.8. The molecule has 1 heterocycles. The highest BCUT2D eigenvalue weighted by atomic mass is 79.9. The van der Waals surface area contributed by atoms with Crippen molar-refractivity contribution in [2.24, 2.45) is 5.92 Å². The van der Waals surface area contributed by atoms with Crippen LogP contribution in [0.5, 0.6) is 5.75 Å². The highest BCUT2D eigenvalue weighted by Crippen LogP contribution is 2.32. The van der Waals surface area contributed by atoms with Gasteiger partial charge in [0.15, 0.2) is 0 Å². The van der Waals surface area contributed by atoms with Gasteiger partial charge in [0.25, 0.3) is 0 Å². The number of aliphatic hydroxyl groups excluding tert-OH is 1. The molecule has 2 unspecified atom stereocenters. The number of nitrogens with zero attached hydrogens (tertiary/aromatic N) is 1. The molecule has 2 rings (SSSR count). The first-order valence-electron chi connectivity index (χ1n) is 6.96. The van der Waals surface area contributed by atoms with Crippen LogP contribution in [-0.4, -0.2) is 43.6 Å². The second-order valence-electron chi connectivity index (χ2n) is 5.22. The van der Waals surface area contributed by atoms with Gasteiger partial charge in [-0.3, -0.25) is 0 Å². The van der Waals surface area contributed by atoms with Crippen LogP contribution in [0.4, 0.5) is 0 Å². The van der Waals surface area contributed by atoms with Crippen molar-refractivity contribution >= 4 is 26.0 Å². The van der Waals surface area contributed by atoms with Crippen molar-refractivity contribution in [3.05, 3.63) is 22.7 Å². The zero-order valence-electron chi connectivity index (χ0n) is 12.1. The summed E-state index contributed by atoms with van der Waals surface area (Å²) in [5.74, 6) is 0.288. The Hall–Kier alpha value is -0.630. The second-order valence-corrected chi connectivity index (χ2v) is 8.04. The van der Waals surface area contributed by atoms with Crippen LogP contribution >= 0.6 is 15.9 Å². The third-order valence-electron chi connectivity index (χ3n) is 3.65. The van der Waals surface area contributed by atoms with E-state index in [4.69, 9.17) is 4.74 Å². The molecule has 0 radical (unpaired) electrons. The number of hydrogen-bond donors (Lipinski definition) is 1. The van der Waals surface area contributed by atoms with Crippen molar-refractivity contribution in [2.45, 2.75) is 31.3 Å². The molecular formula is C14H20BrNO4S. The van der Waals surface area contributed by atoms with Gasteiger partial charge in [-0.25, -0.2) is 8.42 Å². The lowest BCUT2D eigenvalue weighted by Crippen LogP contribution is -2.44. The van der Waals surface area contributed by atoms with Crippen molar-refractivity contribution in [2.75, 3.05) is 19.7 Å². The minimum Gasteiger partial charge on any atom is -0.492 e. The fourth-order valence-corrected chi connectivity index (χ4v) is 4.64. The van der Waals surface area contributed by atoms with Crippen molar-refractivity contribution in [1.82, 2.24) is 4.31 Å². The summed E-state index contributed by atoms with van der Waals surface area (Å²) in [5.41, 5.74) is 0. The van der Waals surface area contributed by atoms with Crippen LogP contribution in [0.15, 0.2) is 27.6 Å². The Morgan fingerprint density at radius 2 is 2.19 bits per heavy atom. The predicted molar refractivity (Wildman–Crippen MR) is 83.9 cm³/mol. The molecule has 118 valence electrons. The Morgan fingerprint density at radius 3 is 2.81 bits per heavy atom. The summed E-state index contributed by atoms with van der Waals surface area (Å²) in [4.78, 5) is 0.169. The van der Waals surface area contributed by atoms with E-state index in [2.05, 4.69) is 15.9 Å². The summed E-state index contributed by atoms with van der Waals surface area (Å²) < 4.78 is 33.2. The van der Waals surface area contributed by atoms with Crippen LogP contribution in [0, 0.1) is 5.92 Å². The van der Waals surface area contributed by atoms with Crippen LogP contribution < -0.4 is 4.74 Å². The zero-order valence-corrected chi connectivity index (χ0v) is 14.5. The number of hydrogen-bond acceptors (Lipinski definition) is 4. The first-order valence-corrected chi connectivity index (χ1v) is 9.20. The van der Waals surface area contributed by atoms with Gasteiger partial charge in [-0.1, -0.05) is 22.9 Å². The lowest BCUT2D eigenvalue weighted by Gasteiger charge is -2.33. The number of aliphatic hydroxyl groups is 1. The Balaban J connectivity index is 2.37. The first-order chi connectivity index (χ1) is 9.86. The topological polar surface area (TPSA) is 66.8 Å². The van der Waals surface area contributed by atoms with Crippen LogP contribution in [0.1, 0.15) is 20.3 Å². The third-order valence-corrected chi connectivity index (χ3v) is 6.03. The molecule has 1 aromatic rings. The Bertz CT molecular complexity index is 605. The third kappa shape index (κ3) is 3.59. The summed E-state index contributed by atoms with van der Waals surface area (Å²) in [7, 11) is -3.63. The predicted octanol–water partition coefficient (Wildman–Crippen LogP) is 2.24. The largest absolute Gasteiger partial charge is 0.492 e. The van der Waals surface area contributed by atoms with Gasteiger partial charge in [0.05, 0.1) is 12.7 Å². The lowest BCUT2D eigenvalue weighted by atomic mass is 9.99. The molecule has 2 atom stereocenters. The van der Waals surface area contributed by atoms with Gasteiger partial charge in [-0.05, 0) is 37.5 Å². The van der Waals surface area contributed by atoms with E-state index < -0.39 is 16.1 Å². The summed E-state index contributed by atoms with van der Waals surface area (Å²) in [6, 6.07) is 4.98. The molecule has 1 N–H and O–H groups in total. The van der Waals surface area contributed by atoms with E-state index >= 15 is 0 Å². The number of sulfonamides is 1. The van der Waals surface area contributed by atoms with E-state index in [1.807, 2.05) is 13.8 Å². The highest BCUT2D eigenvalue weighted by molar-refractivity contribution is 9.10. The van der Waals surface area contributed by atoms with E-state index in [-0.39, 0.29) is 10.8 Å². The molecule has 1 fully saturated rings. The average molecular weight is 378 g/mol. The SMILES string of the molecule is CCOc1ccc(Br)cc1S(=O)(=O)N1CCC(O)C(C)C1. The molecule has 21 heavy (non-hydrogen) atoms. The Kier molecular flexibility index (Phi) is 5.29. The molecule has 0 aromatic heterocycles. The molecule has 1 aliphatic rings. The Labute approximate surface area is 134 Å². The van der Waals surface area contributed by atoms with Crippen LogP contribution in [0.3, 0.4) is 0 Å². The molecule has 5 nitrogen and oxygen atoms in total. The quantitative estimate of drug-likeness (QED) is 0.873. The molecule has 1 aliphatic heterocycles. The first kappa shape index (κ1) is 16.7. The molecule has 1 aromatic carbocycles. The van der Waals surface area contributed by atoms with Gasteiger partial charge < -0.3 is 9.84 Å². The number of benzene rings is 1. The van der Waals surface area contributed by atoms with Crippen molar-refractivity contribution in [3.8, 4) is 5.75 Å². The van der Waals surface area contributed by atoms with Gasteiger partial charge in [0, 0.05) is 17.6 Å². The monoisotopic (exact) mass is 377 g/mol. The molecule has 0 spiro atoms. The lowest BCUT2D eigenvalue weighted by molar-refractivity contribution is 0.0628. The van der Waals surface area contributed by atoms with E-state index in [0.29, 0.717) is 36.3 Å². The highest BCUT2D eigenvalue weighted by Gasteiger charge is 2.34. The second kappa shape index (κ2) is 6.64. The summed E-state index contributed by atoms with van der Waals surface area (Å²) >= 11 is 3.31. The summed E-state index contributed by atoms with van der Waals surface area (Å²) in [6.07, 6.45) is 0.0172. The van der Waals surface area contributed by atoms with Crippen molar-refractivity contribution in [1.29, 1.82) is 0 Å². The van der Waals surface area contributed by atoms with Gasteiger partial charge in [0.2, 0.25) is 10.0 Å². The van der Waals surface area contributed by atoms with Crippen LogP contribution in [0.25, 0.3) is 0 Å². The minimum absolute atomic E-state index is 0.0729. The van der Waals surface area contributed by atoms with E-state index in [9.17, 15) is 13.5 Å². The van der Waals surface area contributed by atoms with E-state index in [1.165, 1.54) is 4.31 Å². The fourth-order valence-electron chi connectivity index (χ4n) is 2.41. The average Bonchev–Trinajstić information content (AvgIpc) is 2.44. The number of ether oxygens (including phenoxy) is 1. The minimum atomic E-state index is -3.63. The van der Waals surface area contributed by atoms with Crippen LogP contribution in [0.2, 0.25) is 0 Å². The van der Waals surface area contributed by atoms with Crippen LogP contribution in [-0.2, 0) is 10.0 Å². The van der Waals surface area contributed by atoms with E-state index in [0.717, 1.165) is 0 Å². The summed E-state index contributed by atoms with van der Waals surface area (Å²) in [6.45, 7) is 4.72. The normalized spacial score (nSPS) is 24.0.